The highest BCUT2D eigenvalue weighted by molar-refractivity contribution is 7.87. The predicted molar refractivity (Wildman–Crippen MR) is 114 cm³/mol. The summed E-state index contributed by atoms with van der Waals surface area (Å²) in [4.78, 5) is 0. The summed E-state index contributed by atoms with van der Waals surface area (Å²) >= 11 is 24.9. The fraction of sp³-hybridized carbons (Fsp3) is 0.0526. The summed E-state index contributed by atoms with van der Waals surface area (Å²) in [6.07, 6.45) is 0. The van der Waals surface area contributed by atoms with Crippen molar-refractivity contribution in [3.63, 3.8) is 0 Å². The summed E-state index contributed by atoms with van der Waals surface area (Å²) in [7, 11) is -5.13. The van der Waals surface area contributed by atoms with Crippen molar-refractivity contribution in [3.05, 3.63) is 91.4 Å². The van der Waals surface area contributed by atoms with Crippen LogP contribution in [0.25, 0.3) is 0 Å². The number of hydrogen-bond acceptors (Lipinski definition) is 4. The van der Waals surface area contributed by atoms with Gasteiger partial charge in [0.05, 0.1) is 10.0 Å². The molecule has 0 radical (unpaired) electrons. The molecule has 3 rings (SSSR count). The third-order valence-corrected chi connectivity index (χ3v) is 7.16. The van der Waals surface area contributed by atoms with Gasteiger partial charge in [-0.2, -0.15) is 8.42 Å². The normalized spacial score (nSPS) is 13.8. The van der Waals surface area contributed by atoms with E-state index in [2.05, 4.69) is 0 Å². The molecule has 0 aliphatic rings. The maximum atomic E-state index is 13.0. The maximum Gasteiger partial charge on any atom is 0.283 e. The molecular formula is C19H12Cl4O5S. The first-order valence-corrected chi connectivity index (χ1v) is 10.8. The number of phenolic OH excluding ortho intramolecular Hbond substituents is 2. The van der Waals surface area contributed by atoms with Crippen molar-refractivity contribution in [2.45, 2.75) is 4.75 Å². The van der Waals surface area contributed by atoms with Crippen LogP contribution in [-0.2, 0) is 14.9 Å². The van der Waals surface area contributed by atoms with Crippen LogP contribution in [-0.4, -0.2) is 23.2 Å². The molecule has 0 saturated carbocycles. The van der Waals surface area contributed by atoms with E-state index in [9.17, 15) is 23.2 Å². The molecule has 1 unspecified atom stereocenters. The zero-order valence-corrected chi connectivity index (χ0v) is 18.1. The molecule has 0 heterocycles. The van der Waals surface area contributed by atoms with Crippen LogP contribution in [0.15, 0.2) is 54.6 Å². The van der Waals surface area contributed by atoms with Crippen molar-refractivity contribution in [1.82, 2.24) is 0 Å². The van der Waals surface area contributed by atoms with Crippen LogP contribution in [0.3, 0.4) is 0 Å². The van der Waals surface area contributed by atoms with Crippen LogP contribution in [0.2, 0.25) is 20.1 Å². The van der Waals surface area contributed by atoms with E-state index in [1.54, 1.807) is 6.07 Å². The number of aromatic hydroxyl groups is 2. The molecule has 3 aromatic rings. The van der Waals surface area contributed by atoms with Crippen LogP contribution in [0.5, 0.6) is 11.5 Å². The number of rotatable bonds is 4. The van der Waals surface area contributed by atoms with Gasteiger partial charge in [0.2, 0.25) is 0 Å². The fourth-order valence-corrected chi connectivity index (χ4v) is 5.71. The van der Waals surface area contributed by atoms with Gasteiger partial charge >= 0.3 is 0 Å². The van der Waals surface area contributed by atoms with Gasteiger partial charge in [-0.1, -0.05) is 64.6 Å². The predicted octanol–water partition coefficient (Wildman–Crippen LogP) is 5.89. The van der Waals surface area contributed by atoms with Gasteiger partial charge in [-0.05, 0) is 30.3 Å². The van der Waals surface area contributed by atoms with Gasteiger partial charge in [0.25, 0.3) is 10.1 Å². The smallest absolute Gasteiger partial charge is 0.283 e. The molecule has 3 N–H and O–H groups in total. The average molecular weight is 494 g/mol. The first-order valence-electron chi connectivity index (χ1n) is 7.89. The summed E-state index contributed by atoms with van der Waals surface area (Å²) < 4.78 is 34.0. The lowest BCUT2D eigenvalue weighted by molar-refractivity contribution is 0.431. The fourth-order valence-electron chi connectivity index (χ4n) is 3.23. The molecule has 0 aliphatic heterocycles. The van der Waals surface area contributed by atoms with E-state index in [0.717, 1.165) is 18.2 Å². The summed E-state index contributed by atoms with van der Waals surface area (Å²) in [5.74, 6) is -0.959. The van der Waals surface area contributed by atoms with E-state index >= 15 is 0 Å². The largest absolute Gasteiger partial charge is 0.508 e. The Labute approximate surface area is 186 Å². The van der Waals surface area contributed by atoms with Crippen LogP contribution in [0, 0.1) is 0 Å². The van der Waals surface area contributed by atoms with Crippen LogP contribution >= 0.6 is 46.4 Å². The van der Waals surface area contributed by atoms with E-state index < -0.39 is 20.6 Å². The monoisotopic (exact) mass is 492 g/mol. The highest BCUT2D eigenvalue weighted by atomic mass is 35.5. The van der Waals surface area contributed by atoms with Crippen molar-refractivity contribution in [3.8, 4) is 11.5 Å². The summed E-state index contributed by atoms with van der Waals surface area (Å²) in [5, 5.41) is 19.9. The Morgan fingerprint density at radius 3 is 2.00 bits per heavy atom. The lowest BCUT2D eigenvalue weighted by Crippen LogP contribution is -2.39. The molecule has 10 heteroatoms. The van der Waals surface area contributed by atoms with Crippen molar-refractivity contribution in [1.29, 1.82) is 0 Å². The summed E-state index contributed by atoms with van der Waals surface area (Å²) in [6.45, 7) is 0. The molecule has 0 aromatic heterocycles. The zero-order chi connectivity index (χ0) is 21.6. The Bertz CT molecular complexity index is 1210. The van der Waals surface area contributed by atoms with Gasteiger partial charge in [-0.3, -0.25) is 4.55 Å². The molecule has 3 aromatic carbocycles. The topological polar surface area (TPSA) is 94.8 Å². The molecule has 0 amide bonds. The third kappa shape index (κ3) is 3.65. The van der Waals surface area contributed by atoms with Gasteiger partial charge in [0.1, 0.15) is 11.5 Å². The minimum absolute atomic E-state index is 0.0350. The highest BCUT2D eigenvalue weighted by Crippen LogP contribution is 2.52. The second kappa shape index (κ2) is 7.87. The van der Waals surface area contributed by atoms with Crippen LogP contribution in [0.1, 0.15) is 16.7 Å². The Morgan fingerprint density at radius 1 is 0.759 bits per heavy atom. The number of phenols is 2. The molecule has 0 bridgehead atoms. The van der Waals surface area contributed by atoms with E-state index in [-0.39, 0.29) is 42.5 Å². The summed E-state index contributed by atoms with van der Waals surface area (Å²) in [5.41, 5.74) is -0.648. The number of benzene rings is 3. The average Bonchev–Trinajstić information content (AvgIpc) is 2.61. The lowest BCUT2D eigenvalue weighted by atomic mass is 9.83. The van der Waals surface area contributed by atoms with Gasteiger partial charge < -0.3 is 10.2 Å². The summed E-state index contributed by atoms with van der Waals surface area (Å²) in [6, 6.07) is 11.5. The van der Waals surface area contributed by atoms with Gasteiger partial charge in [-0.25, -0.2) is 0 Å². The van der Waals surface area contributed by atoms with Crippen molar-refractivity contribution in [2.24, 2.45) is 0 Å². The molecule has 1 atom stereocenters. The van der Waals surface area contributed by atoms with E-state index in [0.29, 0.717) is 0 Å². The second-order valence-corrected chi connectivity index (χ2v) is 9.28. The minimum Gasteiger partial charge on any atom is -0.508 e. The lowest BCUT2D eigenvalue weighted by Gasteiger charge is -2.34. The molecule has 0 aliphatic carbocycles. The van der Waals surface area contributed by atoms with Crippen molar-refractivity contribution < 1.29 is 23.2 Å². The molecule has 152 valence electrons. The third-order valence-electron chi connectivity index (χ3n) is 4.37. The Kier molecular flexibility index (Phi) is 5.98. The molecule has 0 fully saturated rings. The molecule has 29 heavy (non-hydrogen) atoms. The van der Waals surface area contributed by atoms with E-state index in [1.165, 1.54) is 30.3 Å². The van der Waals surface area contributed by atoms with E-state index in [1.807, 2.05) is 0 Å². The molecular weight excluding hydrogens is 482 g/mol. The van der Waals surface area contributed by atoms with Crippen LogP contribution < -0.4 is 0 Å². The number of hydrogen-bond donors (Lipinski definition) is 3. The molecule has 0 saturated heterocycles. The second-order valence-electron chi connectivity index (χ2n) is 6.09. The Hall–Kier alpha value is -1.67. The van der Waals surface area contributed by atoms with Gasteiger partial charge in [-0.15, -0.1) is 0 Å². The Morgan fingerprint density at radius 2 is 1.41 bits per heavy atom. The van der Waals surface area contributed by atoms with Gasteiger partial charge in [0, 0.05) is 32.8 Å². The maximum absolute atomic E-state index is 13.0. The van der Waals surface area contributed by atoms with Gasteiger partial charge in [0.15, 0.2) is 4.75 Å². The standard InChI is InChI=1S/C19H12Cl4O5S/c20-10-7-14(18(23)16(22)8-10)19(29(26,27)28,12-3-1-2-4-15(12)21)13-6-5-11(24)9-17(13)25/h1-9,24-25H,(H,26,27,28). The highest BCUT2D eigenvalue weighted by Gasteiger charge is 2.52. The van der Waals surface area contributed by atoms with Crippen molar-refractivity contribution >= 4 is 56.5 Å². The quantitative estimate of drug-likeness (QED) is 0.239. The molecule has 5 nitrogen and oxygen atoms in total. The molecule has 0 spiro atoms. The minimum atomic E-state index is -5.13. The number of halogens is 4. The SMILES string of the molecule is O=S(=O)(O)C(c1ccc(O)cc1O)(c1ccccc1Cl)c1cc(Cl)cc(Cl)c1Cl. The van der Waals surface area contributed by atoms with Crippen molar-refractivity contribution in [2.75, 3.05) is 0 Å². The Balaban J connectivity index is 2.66. The first-order chi connectivity index (χ1) is 13.5. The first kappa shape index (κ1) is 22.0. The van der Waals surface area contributed by atoms with E-state index in [4.69, 9.17) is 46.4 Å². The van der Waals surface area contributed by atoms with Crippen LogP contribution in [0.4, 0.5) is 0 Å². The zero-order valence-electron chi connectivity index (χ0n) is 14.3.